The Morgan fingerprint density at radius 3 is 2.40 bits per heavy atom. The van der Waals surface area contributed by atoms with Gasteiger partial charge < -0.3 is 9.47 Å². The highest BCUT2D eigenvalue weighted by Gasteiger charge is 2.10. The van der Waals surface area contributed by atoms with Gasteiger partial charge >= 0.3 is 5.97 Å². The molecule has 0 unspecified atom stereocenters. The van der Waals surface area contributed by atoms with Crippen molar-refractivity contribution in [3.63, 3.8) is 0 Å². The Labute approximate surface area is 118 Å². The van der Waals surface area contributed by atoms with Crippen LogP contribution in [0.1, 0.15) is 6.92 Å². The minimum atomic E-state index is -0.436. The number of hydrogen-bond acceptors (Lipinski definition) is 3. The van der Waals surface area contributed by atoms with E-state index in [1.54, 1.807) is 32.2 Å². The molecule has 3 nitrogen and oxygen atoms in total. The van der Waals surface area contributed by atoms with E-state index in [2.05, 4.69) is 6.58 Å². The summed E-state index contributed by atoms with van der Waals surface area (Å²) in [6.45, 7) is 5.18. The molecule has 102 valence electrons. The summed E-state index contributed by atoms with van der Waals surface area (Å²) < 4.78 is 10.6. The summed E-state index contributed by atoms with van der Waals surface area (Å²) in [5, 5.41) is 0. The summed E-state index contributed by atoms with van der Waals surface area (Å²) in [5.41, 5.74) is 2.24. The Morgan fingerprint density at radius 1 is 1.10 bits per heavy atom. The number of methoxy groups -OCH3 is 1. The second-order valence-electron chi connectivity index (χ2n) is 4.40. The second-order valence-corrected chi connectivity index (χ2v) is 4.40. The van der Waals surface area contributed by atoms with Crippen molar-refractivity contribution in [1.29, 1.82) is 0 Å². The fourth-order valence-corrected chi connectivity index (χ4v) is 1.79. The first-order valence-corrected chi connectivity index (χ1v) is 6.23. The van der Waals surface area contributed by atoms with Crippen LogP contribution < -0.4 is 9.47 Å². The monoisotopic (exact) mass is 268 g/mol. The molecule has 2 aromatic carbocycles. The molecule has 0 N–H and O–H groups in total. The maximum atomic E-state index is 11.6. The van der Waals surface area contributed by atoms with Crippen LogP contribution in [0.25, 0.3) is 11.1 Å². The molecule has 0 spiro atoms. The van der Waals surface area contributed by atoms with Gasteiger partial charge in [0.15, 0.2) is 0 Å². The molecular weight excluding hydrogens is 252 g/mol. The van der Waals surface area contributed by atoms with Crippen molar-refractivity contribution in [2.24, 2.45) is 0 Å². The Balaban J connectivity index is 2.40. The van der Waals surface area contributed by atoms with Gasteiger partial charge in [-0.25, -0.2) is 4.79 Å². The molecule has 0 heterocycles. The highest BCUT2D eigenvalue weighted by Crippen LogP contribution is 2.33. The summed E-state index contributed by atoms with van der Waals surface area (Å²) in [6, 6.07) is 15.1. The van der Waals surface area contributed by atoms with E-state index in [1.165, 1.54) is 0 Å². The number of ether oxygens (including phenoxy) is 2. The Bertz CT molecular complexity index is 630. The molecule has 0 saturated heterocycles. The molecule has 3 heteroatoms. The van der Waals surface area contributed by atoms with Crippen molar-refractivity contribution in [3.8, 4) is 22.6 Å². The van der Waals surface area contributed by atoms with Gasteiger partial charge in [0, 0.05) is 11.1 Å². The Hall–Kier alpha value is -2.55. The van der Waals surface area contributed by atoms with Gasteiger partial charge in [-0.1, -0.05) is 36.9 Å². The molecule has 2 aromatic rings. The molecule has 0 aliphatic carbocycles. The van der Waals surface area contributed by atoms with Crippen LogP contribution in [0, 0.1) is 0 Å². The quantitative estimate of drug-likeness (QED) is 0.480. The summed E-state index contributed by atoms with van der Waals surface area (Å²) in [4.78, 5) is 11.6. The van der Waals surface area contributed by atoms with Crippen LogP contribution in [0.2, 0.25) is 0 Å². The molecular formula is C17H16O3. The van der Waals surface area contributed by atoms with Crippen LogP contribution >= 0.6 is 0 Å². The van der Waals surface area contributed by atoms with Crippen LogP contribution in [-0.2, 0) is 4.79 Å². The molecule has 2 rings (SSSR count). The third kappa shape index (κ3) is 3.06. The maximum absolute atomic E-state index is 11.6. The van der Waals surface area contributed by atoms with E-state index in [-0.39, 0.29) is 0 Å². The second kappa shape index (κ2) is 6.06. The molecule has 0 aromatic heterocycles. The average Bonchev–Trinajstić information content (AvgIpc) is 2.48. The minimum absolute atomic E-state index is 0.363. The van der Waals surface area contributed by atoms with E-state index >= 15 is 0 Å². The standard InChI is InChI=1S/C17H16O3/c1-12(2)17(18)20-14-9-10-16(19-3)15(11-14)13-7-5-4-6-8-13/h4-11H,1H2,2-3H3. The lowest BCUT2D eigenvalue weighted by Crippen LogP contribution is -2.08. The van der Waals surface area contributed by atoms with Gasteiger partial charge in [-0.3, -0.25) is 0 Å². The lowest BCUT2D eigenvalue weighted by atomic mass is 10.0. The predicted octanol–water partition coefficient (Wildman–Crippen LogP) is 3.84. The van der Waals surface area contributed by atoms with Gasteiger partial charge in [-0.05, 0) is 30.7 Å². The van der Waals surface area contributed by atoms with E-state index in [0.29, 0.717) is 11.3 Å². The number of benzene rings is 2. The smallest absolute Gasteiger partial charge is 0.338 e. The van der Waals surface area contributed by atoms with E-state index in [9.17, 15) is 4.79 Å². The molecule has 20 heavy (non-hydrogen) atoms. The fourth-order valence-electron chi connectivity index (χ4n) is 1.79. The van der Waals surface area contributed by atoms with Gasteiger partial charge in [-0.15, -0.1) is 0 Å². The summed E-state index contributed by atoms with van der Waals surface area (Å²) in [6.07, 6.45) is 0. The van der Waals surface area contributed by atoms with Crippen molar-refractivity contribution in [2.45, 2.75) is 6.92 Å². The van der Waals surface area contributed by atoms with Crippen molar-refractivity contribution in [1.82, 2.24) is 0 Å². The first-order chi connectivity index (χ1) is 9.61. The number of carbonyl (C=O) groups excluding carboxylic acids is 1. The predicted molar refractivity (Wildman–Crippen MR) is 78.9 cm³/mol. The number of rotatable bonds is 4. The molecule has 0 bridgehead atoms. The SMILES string of the molecule is C=C(C)C(=O)Oc1ccc(OC)c(-c2ccccc2)c1. The third-order valence-corrected chi connectivity index (χ3v) is 2.81. The van der Waals surface area contributed by atoms with E-state index in [0.717, 1.165) is 16.9 Å². The van der Waals surface area contributed by atoms with Gasteiger partial charge in [0.05, 0.1) is 7.11 Å². The minimum Gasteiger partial charge on any atom is -0.496 e. The van der Waals surface area contributed by atoms with Crippen LogP contribution in [0.5, 0.6) is 11.5 Å². The fraction of sp³-hybridized carbons (Fsp3) is 0.118. The van der Waals surface area contributed by atoms with Crippen LogP contribution in [0.3, 0.4) is 0 Å². The van der Waals surface area contributed by atoms with Gasteiger partial charge in [0.25, 0.3) is 0 Å². The lowest BCUT2D eigenvalue weighted by Gasteiger charge is -2.11. The van der Waals surface area contributed by atoms with Gasteiger partial charge in [0.2, 0.25) is 0 Å². The van der Waals surface area contributed by atoms with Gasteiger partial charge in [0.1, 0.15) is 11.5 Å². The van der Waals surface area contributed by atoms with E-state index in [4.69, 9.17) is 9.47 Å². The Kier molecular flexibility index (Phi) is 4.20. The summed E-state index contributed by atoms with van der Waals surface area (Å²) >= 11 is 0. The summed E-state index contributed by atoms with van der Waals surface area (Å²) in [7, 11) is 1.61. The zero-order chi connectivity index (χ0) is 14.5. The molecule has 0 amide bonds. The van der Waals surface area contributed by atoms with Crippen LogP contribution in [0.15, 0.2) is 60.7 Å². The van der Waals surface area contributed by atoms with Crippen molar-refractivity contribution in [2.75, 3.05) is 7.11 Å². The largest absolute Gasteiger partial charge is 0.496 e. The molecule has 0 aliphatic heterocycles. The maximum Gasteiger partial charge on any atom is 0.338 e. The molecule has 0 atom stereocenters. The molecule has 0 aliphatic rings. The molecule has 0 saturated carbocycles. The molecule has 0 fully saturated rings. The first-order valence-electron chi connectivity index (χ1n) is 6.23. The highest BCUT2D eigenvalue weighted by atomic mass is 16.5. The van der Waals surface area contributed by atoms with Crippen molar-refractivity contribution in [3.05, 3.63) is 60.7 Å². The van der Waals surface area contributed by atoms with Crippen LogP contribution in [0.4, 0.5) is 0 Å². The highest BCUT2D eigenvalue weighted by molar-refractivity contribution is 5.89. The molecule has 0 radical (unpaired) electrons. The van der Waals surface area contributed by atoms with E-state index < -0.39 is 5.97 Å². The normalized spacial score (nSPS) is 9.90. The number of carbonyl (C=O) groups is 1. The van der Waals surface area contributed by atoms with Gasteiger partial charge in [-0.2, -0.15) is 0 Å². The van der Waals surface area contributed by atoms with Crippen molar-refractivity contribution >= 4 is 5.97 Å². The Morgan fingerprint density at radius 2 is 1.80 bits per heavy atom. The zero-order valence-electron chi connectivity index (χ0n) is 11.6. The average molecular weight is 268 g/mol. The van der Waals surface area contributed by atoms with Crippen molar-refractivity contribution < 1.29 is 14.3 Å². The zero-order valence-corrected chi connectivity index (χ0v) is 11.6. The number of esters is 1. The summed E-state index contributed by atoms with van der Waals surface area (Å²) in [5.74, 6) is 0.762. The topological polar surface area (TPSA) is 35.5 Å². The first kappa shape index (κ1) is 13.9. The number of hydrogen-bond donors (Lipinski definition) is 0. The van der Waals surface area contributed by atoms with E-state index in [1.807, 2.05) is 30.3 Å². The lowest BCUT2D eigenvalue weighted by molar-refractivity contribution is -0.130. The van der Waals surface area contributed by atoms with Crippen LogP contribution in [-0.4, -0.2) is 13.1 Å². The third-order valence-electron chi connectivity index (χ3n) is 2.81.